The highest BCUT2D eigenvalue weighted by atomic mass is 35.5. The zero-order valence-corrected chi connectivity index (χ0v) is 16.1. The highest BCUT2D eigenvalue weighted by molar-refractivity contribution is 6.30. The van der Waals surface area contributed by atoms with Crippen molar-refractivity contribution in [3.05, 3.63) is 70.9 Å². The highest BCUT2D eigenvalue weighted by Gasteiger charge is 2.19. The van der Waals surface area contributed by atoms with Gasteiger partial charge in [0.25, 0.3) is 5.91 Å². The molecular weight excluding hydrogens is 364 g/mol. The maximum atomic E-state index is 12.5. The van der Waals surface area contributed by atoms with Crippen LogP contribution in [0.3, 0.4) is 0 Å². The fourth-order valence-corrected chi connectivity index (χ4v) is 3.06. The SMILES string of the molecule is C[C@H](c1ccc(Cl)cc1)N(C)C(=O)NNC(=O)c1cn(C)c2ccccc12. The average molecular weight is 385 g/mol. The average Bonchev–Trinajstić information content (AvgIpc) is 3.02. The Hall–Kier alpha value is -2.99. The smallest absolute Gasteiger partial charge is 0.336 e. The third-order valence-electron chi connectivity index (χ3n) is 4.68. The van der Waals surface area contributed by atoms with Crippen molar-refractivity contribution >= 4 is 34.4 Å². The molecule has 0 aliphatic heterocycles. The second-order valence-electron chi connectivity index (χ2n) is 6.39. The van der Waals surface area contributed by atoms with E-state index in [0.717, 1.165) is 16.5 Å². The molecule has 0 bridgehead atoms. The summed E-state index contributed by atoms with van der Waals surface area (Å²) in [7, 11) is 3.54. The molecule has 0 saturated carbocycles. The lowest BCUT2D eigenvalue weighted by Crippen LogP contribution is -2.48. The van der Waals surface area contributed by atoms with Crippen LogP contribution >= 0.6 is 11.6 Å². The molecule has 0 radical (unpaired) electrons. The van der Waals surface area contributed by atoms with Gasteiger partial charge < -0.3 is 9.47 Å². The molecule has 0 saturated heterocycles. The van der Waals surface area contributed by atoms with Crippen molar-refractivity contribution in [1.29, 1.82) is 0 Å². The summed E-state index contributed by atoms with van der Waals surface area (Å²) in [5, 5.41) is 1.47. The second kappa shape index (κ2) is 7.72. The number of benzene rings is 2. The van der Waals surface area contributed by atoms with E-state index in [1.165, 1.54) is 4.90 Å². The second-order valence-corrected chi connectivity index (χ2v) is 6.83. The van der Waals surface area contributed by atoms with E-state index in [1.54, 1.807) is 25.4 Å². The third-order valence-corrected chi connectivity index (χ3v) is 4.93. The lowest BCUT2D eigenvalue weighted by molar-refractivity contribution is 0.0930. The van der Waals surface area contributed by atoms with Crippen molar-refractivity contribution in [3.63, 3.8) is 0 Å². The standard InChI is InChI=1S/C20H21ClN4O2/c1-13(14-8-10-15(21)11-9-14)25(3)20(27)23-22-19(26)17-12-24(2)18-7-5-4-6-16(17)18/h4-13H,1-3H3,(H,22,26)(H,23,27)/t13-/m1/s1. The molecule has 0 unspecified atom stereocenters. The Kier molecular flexibility index (Phi) is 5.37. The number of nitrogens with one attached hydrogen (secondary N) is 2. The van der Waals surface area contributed by atoms with E-state index in [1.807, 2.05) is 54.9 Å². The number of amides is 3. The lowest BCUT2D eigenvalue weighted by Gasteiger charge is -2.25. The van der Waals surface area contributed by atoms with Crippen LogP contribution < -0.4 is 10.9 Å². The van der Waals surface area contributed by atoms with E-state index in [-0.39, 0.29) is 11.9 Å². The number of halogens is 1. The normalized spacial score (nSPS) is 11.9. The highest BCUT2D eigenvalue weighted by Crippen LogP contribution is 2.21. The molecule has 1 heterocycles. The Bertz CT molecular complexity index is 981. The monoisotopic (exact) mass is 384 g/mol. The molecule has 3 amide bonds. The minimum atomic E-state index is -0.411. The molecule has 1 atom stereocenters. The summed E-state index contributed by atoms with van der Waals surface area (Å²) >= 11 is 5.90. The van der Waals surface area contributed by atoms with Gasteiger partial charge in [0, 0.05) is 36.2 Å². The number of hydrazine groups is 1. The molecule has 1 aromatic heterocycles. The van der Waals surface area contributed by atoms with Crippen LogP contribution in [0.2, 0.25) is 5.02 Å². The predicted octanol–water partition coefficient (Wildman–Crippen LogP) is 3.88. The number of rotatable bonds is 3. The number of nitrogens with zero attached hydrogens (tertiary/aromatic N) is 2. The van der Waals surface area contributed by atoms with Crippen LogP contribution in [0, 0.1) is 0 Å². The summed E-state index contributed by atoms with van der Waals surface area (Å²) in [6, 6.07) is 14.3. The number of para-hydroxylation sites is 1. The first-order valence-electron chi connectivity index (χ1n) is 8.51. The number of aromatic nitrogens is 1. The molecule has 0 fully saturated rings. The third kappa shape index (κ3) is 3.90. The lowest BCUT2D eigenvalue weighted by atomic mass is 10.1. The topological polar surface area (TPSA) is 66.4 Å². The summed E-state index contributed by atoms with van der Waals surface area (Å²) in [6.45, 7) is 1.90. The van der Waals surface area contributed by atoms with E-state index in [0.29, 0.717) is 10.6 Å². The van der Waals surface area contributed by atoms with Gasteiger partial charge in [-0.25, -0.2) is 10.2 Å². The van der Waals surface area contributed by atoms with Gasteiger partial charge in [-0.05, 0) is 30.7 Å². The minimum absolute atomic E-state index is 0.184. The quantitative estimate of drug-likeness (QED) is 0.673. The van der Waals surface area contributed by atoms with Gasteiger partial charge in [-0.2, -0.15) is 0 Å². The number of carbonyl (C=O) groups excluding carboxylic acids is 2. The molecule has 140 valence electrons. The summed E-state index contributed by atoms with van der Waals surface area (Å²) in [5.74, 6) is -0.368. The number of aryl methyl sites for hydroxylation is 1. The number of hydrogen-bond donors (Lipinski definition) is 2. The molecular formula is C20H21ClN4O2. The van der Waals surface area contributed by atoms with Gasteiger partial charge in [-0.1, -0.05) is 41.9 Å². The molecule has 7 heteroatoms. The van der Waals surface area contributed by atoms with Gasteiger partial charge in [0.1, 0.15) is 0 Å². The van der Waals surface area contributed by atoms with E-state index in [2.05, 4.69) is 10.9 Å². The number of hydrogen-bond acceptors (Lipinski definition) is 2. The Balaban J connectivity index is 1.65. The molecule has 0 aliphatic carbocycles. The summed E-state index contributed by atoms with van der Waals surface area (Å²) < 4.78 is 1.88. The molecule has 0 aliphatic rings. The van der Waals surface area contributed by atoms with Crippen molar-refractivity contribution in [3.8, 4) is 0 Å². The van der Waals surface area contributed by atoms with Crippen molar-refractivity contribution in [2.75, 3.05) is 7.05 Å². The van der Waals surface area contributed by atoms with E-state index >= 15 is 0 Å². The van der Waals surface area contributed by atoms with Crippen LogP contribution in [-0.2, 0) is 7.05 Å². The summed E-state index contributed by atoms with van der Waals surface area (Å²) in [4.78, 5) is 26.4. The van der Waals surface area contributed by atoms with Crippen LogP contribution in [0.15, 0.2) is 54.7 Å². The van der Waals surface area contributed by atoms with Crippen LogP contribution in [-0.4, -0.2) is 28.5 Å². The summed E-state index contributed by atoms with van der Waals surface area (Å²) in [6.07, 6.45) is 1.74. The molecule has 2 N–H and O–H groups in total. The Morgan fingerprint density at radius 2 is 1.74 bits per heavy atom. The van der Waals surface area contributed by atoms with Crippen molar-refractivity contribution in [1.82, 2.24) is 20.3 Å². The van der Waals surface area contributed by atoms with Gasteiger partial charge in [-0.15, -0.1) is 0 Å². The summed E-state index contributed by atoms with van der Waals surface area (Å²) in [5.41, 5.74) is 7.35. The van der Waals surface area contributed by atoms with Crippen molar-refractivity contribution < 1.29 is 9.59 Å². The van der Waals surface area contributed by atoms with Gasteiger partial charge in [-0.3, -0.25) is 10.2 Å². The fourth-order valence-electron chi connectivity index (χ4n) is 2.93. The molecule has 3 aromatic rings. The van der Waals surface area contributed by atoms with Crippen molar-refractivity contribution in [2.45, 2.75) is 13.0 Å². The minimum Gasteiger partial charge on any atom is -0.350 e. The zero-order valence-electron chi connectivity index (χ0n) is 15.4. The van der Waals surface area contributed by atoms with Crippen LogP contribution in [0.1, 0.15) is 28.9 Å². The Morgan fingerprint density at radius 3 is 2.44 bits per heavy atom. The molecule has 2 aromatic carbocycles. The van der Waals surface area contributed by atoms with Crippen molar-refractivity contribution in [2.24, 2.45) is 7.05 Å². The van der Waals surface area contributed by atoms with Crippen LogP contribution in [0.5, 0.6) is 0 Å². The Morgan fingerprint density at radius 1 is 1.07 bits per heavy atom. The first kappa shape index (κ1) is 18.8. The molecule has 3 rings (SSSR count). The molecule has 0 spiro atoms. The van der Waals surface area contributed by atoms with E-state index < -0.39 is 6.03 Å². The molecule has 6 nitrogen and oxygen atoms in total. The van der Waals surface area contributed by atoms with Gasteiger partial charge in [0.15, 0.2) is 0 Å². The number of fused-ring (bicyclic) bond motifs is 1. The van der Waals surface area contributed by atoms with Crippen LogP contribution in [0.25, 0.3) is 10.9 Å². The van der Waals surface area contributed by atoms with E-state index in [4.69, 9.17) is 11.6 Å². The van der Waals surface area contributed by atoms with Crippen LogP contribution in [0.4, 0.5) is 4.79 Å². The fraction of sp³-hybridized carbons (Fsp3) is 0.200. The Labute approximate surface area is 162 Å². The first-order valence-corrected chi connectivity index (χ1v) is 8.89. The number of carbonyl (C=O) groups is 2. The van der Waals surface area contributed by atoms with Gasteiger partial charge in [0.05, 0.1) is 11.6 Å². The largest absolute Gasteiger partial charge is 0.350 e. The predicted molar refractivity (Wildman–Crippen MR) is 107 cm³/mol. The van der Waals surface area contributed by atoms with Gasteiger partial charge in [0.2, 0.25) is 0 Å². The number of urea groups is 1. The first-order chi connectivity index (χ1) is 12.9. The van der Waals surface area contributed by atoms with Gasteiger partial charge >= 0.3 is 6.03 Å². The maximum absolute atomic E-state index is 12.5. The zero-order chi connectivity index (χ0) is 19.6. The van der Waals surface area contributed by atoms with E-state index in [9.17, 15) is 9.59 Å². The molecule has 27 heavy (non-hydrogen) atoms. The maximum Gasteiger partial charge on any atom is 0.336 e.